The Morgan fingerprint density at radius 2 is 2.25 bits per heavy atom. The molecule has 0 unspecified atom stereocenters. The molecule has 0 aliphatic carbocycles. The Hall–Kier alpha value is -1.73. The SMILES string of the molecule is Cn1cc(NCC(=O)NCC(F)(F)F)cn1. The Morgan fingerprint density at radius 3 is 2.75 bits per heavy atom. The van der Waals surface area contributed by atoms with E-state index < -0.39 is 18.6 Å². The highest BCUT2D eigenvalue weighted by atomic mass is 19.4. The van der Waals surface area contributed by atoms with Gasteiger partial charge in [0.15, 0.2) is 0 Å². The number of nitrogens with zero attached hydrogens (tertiary/aromatic N) is 2. The van der Waals surface area contributed by atoms with E-state index in [0.29, 0.717) is 5.69 Å². The summed E-state index contributed by atoms with van der Waals surface area (Å²) in [6, 6.07) is 0. The van der Waals surface area contributed by atoms with Crippen molar-refractivity contribution in [1.82, 2.24) is 15.1 Å². The van der Waals surface area contributed by atoms with E-state index in [0.717, 1.165) is 0 Å². The third-order valence-electron chi connectivity index (χ3n) is 1.64. The molecule has 1 heterocycles. The van der Waals surface area contributed by atoms with Crippen LogP contribution in [0.3, 0.4) is 0 Å². The van der Waals surface area contributed by atoms with Crippen LogP contribution in [0.15, 0.2) is 12.4 Å². The maximum atomic E-state index is 11.7. The van der Waals surface area contributed by atoms with Crippen molar-refractivity contribution in [2.75, 3.05) is 18.4 Å². The second-order valence-corrected chi connectivity index (χ2v) is 3.15. The van der Waals surface area contributed by atoms with Crippen molar-refractivity contribution >= 4 is 11.6 Å². The van der Waals surface area contributed by atoms with E-state index in [1.807, 2.05) is 0 Å². The molecule has 90 valence electrons. The smallest absolute Gasteiger partial charge is 0.374 e. The Morgan fingerprint density at radius 1 is 1.56 bits per heavy atom. The van der Waals surface area contributed by atoms with Gasteiger partial charge in [-0.05, 0) is 0 Å². The number of carbonyl (C=O) groups is 1. The normalized spacial score (nSPS) is 11.2. The van der Waals surface area contributed by atoms with Gasteiger partial charge in [0.25, 0.3) is 0 Å². The van der Waals surface area contributed by atoms with Crippen molar-refractivity contribution < 1.29 is 18.0 Å². The minimum absolute atomic E-state index is 0.220. The average Bonchev–Trinajstić information content (AvgIpc) is 2.57. The van der Waals surface area contributed by atoms with Gasteiger partial charge in [-0.1, -0.05) is 0 Å². The number of hydrogen-bond donors (Lipinski definition) is 2. The van der Waals surface area contributed by atoms with Crippen LogP contribution in [0, 0.1) is 0 Å². The van der Waals surface area contributed by atoms with Gasteiger partial charge in [0, 0.05) is 13.2 Å². The van der Waals surface area contributed by atoms with E-state index in [-0.39, 0.29) is 6.54 Å². The van der Waals surface area contributed by atoms with Gasteiger partial charge in [-0.3, -0.25) is 9.48 Å². The lowest BCUT2D eigenvalue weighted by Crippen LogP contribution is -2.37. The largest absolute Gasteiger partial charge is 0.405 e. The highest BCUT2D eigenvalue weighted by molar-refractivity contribution is 5.80. The molecule has 1 amide bonds. The number of carbonyl (C=O) groups excluding carboxylic acids is 1. The fourth-order valence-corrected chi connectivity index (χ4v) is 0.956. The maximum absolute atomic E-state index is 11.7. The van der Waals surface area contributed by atoms with E-state index in [1.54, 1.807) is 18.6 Å². The predicted molar refractivity (Wildman–Crippen MR) is 50.8 cm³/mol. The fraction of sp³-hybridized carbons (Fsp3) is 0.500. The van der Waals surface area contributed by atoms with Gasteiger partial charge in [0.2, 0.25) is 5.91 Å². The number of aryl methyl sites for hydroxylation is 1. The minimum Gasteiger partial charge on any atom is -0.374 e. The van der Waals surface area contributed by atoms with Crippen LogP contribution in [-0.2, 0) is 11.8 Å². The Balaban J connectivity index is 2.25. The molecule has 0 atom stereocenters. The number of rotatable bonds is 4. The van der Waals surface area contributed by atoms with Gasteiger partial charge in [0.05, 0.1) is 18.4 Å². The molecule has 16 heavy (non-hydrogen) atoms. The molecule has 0 aromatic carbocycles. The third-order valence-corrected chi connectivity index (χ3v) is 1.64. The molecule has 0 saturated carbocycles. The van der Waals surface area contributed by atoms with E-state index in [4.69, 9.17) is 0 Å². The van der Waals surface area contributed by atoms with Crippen LogP contribution in [-0.4, -0.2) is 35.0 Å². The van der Waals surface area contributed by atoms with Gasteiger partial charge < -0.3 is 10.6 Å². The number of amides is 1. The molecule has 8 heteroatoms. The summed E-state index contributed by atoms with van der Waals surface area (Å²) in [6.07, 6.45) is -1.31. The quantitative estimate of drug-likeness (QED) is 0.800. The molecular weight excluding hydrogens is 225 g/mol. The first-order chi connectivity index (χ1) is 7.37. The first kappa shape index (κ1) is 12.3. The highest BCUT2D eigenvalue weighted by Gasteiger charge is 2.27. The van der Waals surface area contributed by atoms with Gasteiger partial charge >= 0.3 is 6.18 Å². The Kier molecular flexibility index (Phi) is 3.75. The second kappa shape index (κ2) is 4.86. The summed E-state index contributed by atoms with van der Waals surface area (Å²) in [4.78, 5) is 11.0. The highest BCUT2D eigenvalue weighted by Crippen LogP contribution is 2.12. The van der Waals surface area contributed by atoms with Gasteiger partial charge in [-0.15, -0.1) is 0 Å². The van der Waals surface area contributed by atoms with E-state index in [9.17, 15) is 18.0 Å². The predicted octanol–water partition coefficient (Wildman–Crippen LogP) is 0.510. The van der Waals surface area contributed by atoms with Gasteiger partial charge in [-0.25, -0.2) is 0 Å². The lowest BCUT2D eigenvalue weighted by Gasteiger charge is -2.08. The number of hydrogen-bond acceptors (Lipinski definition) is 3. The summed E-state index contributed by atoms with van der Waals surface area (Å²) in [5, 5.41) is 8.21. The first-order valence-electron chi connectivity index (χ1n) is 4.43. The molecule has 5 nitrogen and oxygen atoms in total. The van der Waals surface area contributed by atoms with Crippen molar-refractivity contribution in [3.63, 3.8) is 0 Å². The van der Waals surface area contributed by atoms with Gasteiger partial charge in [0.1, 0.15) is 6.54 Å². The molecule has 0 bridgehead atoms. The molecule has 1 aromatic heterocycles. The first-order valence-corrected chi connectivity index (χ1v) is 4.43. The molecule has 0 fully saturated rings. The van der Waals surface area contributed by atoms with Crippen LogP contribution in [0.2, 0.25) is 0 Å². The molecule has 0 aliphatic rings. The molecule has 1 rings (SSSR count). The maximum Gasteiger partial charge on any atom is 0.405 e. The summed E-state index contributed by atoms with van der Waals surface area (Å²) < 4.78 is 36.7. The molecule has 1 aromatic rings. The van der Waals surface area contributed by atoms with Crippen LogP contribution in [0.4, 0.5) is 18.9 Å². The van der Waals surface area contributed by atoms with Gasteiger partial charge in [-0.2, -0.15) is 18.3 Å². The van der Waals surface area contributed by atoms with E-state index >= 15 is 0 Å². The number of halogens is 3. The van der Waals surface area contributed by atoms with E-state index in [2.05, 4.69) is 10.4 Å². The number of nitrogens with one attached hydrogen (secondary N) is 2. The van der Waals surface area contributed by atoms with Crippen molar-refractivity contribution in [3.8, 4) is 0 Å². The van der Waals surface area contributed by atoms with Crippen molar-refractivity contribution in [2.45, 2.75) is 6.18 Å². The third kappa shape index (κ3) is 4.67. The molecule has 0 radical (unpaired) electrons. The summed E-state index contributed by atoms with van der Waals surface area (Å²) in [5.41, 5.74) is 0.574. The molecular formula is C8H11F3N4O. The summed E-state index contributed by atoms with van der Waals surface area (Å²) >= 11 is 0. The van der Waals surface area contributed by atoms with Crippen molar-refractivity contribution in [3.05, 3.63) is 12.4 Å². The number of aromatic nitrogens is 2. The Labute approximate surface area is 89.6 Å². The van der Waals surface area contributed by atoms with Crippen molar-refractivity contribution in [2.24, 2.45) is 7.05 Å². The molecule has 0 aliphatic heterocycles. The standard InChI is InChI=1S/C8H11F3N4O/c1-15-4-6(2-14-15)12-3-7(16)13-5-8(9,10)11/h2,4,12H,3,5H2,1H3,(H,13,16). The average molecular weight is 236 g/mol. The van der Waals surface area contributed by atoms with Crippen LogP contribution in [0.5, 0.6) is 0 Å². The number of alkyl halides is 3. The van der Waals surface area contributed by atoms with E-state index in [1.165, 1.54) is 10.9 Å². The lowest BCUT2D eigenvalue weighted by molar-refractivity contribution is -0.137. The minimum atomic E-state index is -4.38. The molecule has 2 N–H and O–H groups in total. The fourth-order valence-electron chi connectivity index (χ4n) is 0.956. The second-order valence-electron chi connectivity index (χ2n) is 3.15. The zero-order chi connectivity index (χ0) is 12.2. The van der Waals surface area contributed by atoms with Crippen LogP contribution < -0.4 is 10.6 Å². The molecule has 0 saturated heterocycles. The topological polar surface area (TPSA) is 59.0 Å². The zero-order valence-electron chi connectivity index (χ0n) is 8.51. The van der Waals surface area contributed by atoms with Crippen LogP contribution in [0.1, 0.15) is 0 Å². The monoisotopic (exact) mass is 236 g/mol. The van der Waals surface area contributed by atoms with Crippen LogP contribution >= 0.6 is 0 Å². The summed E-state index contributed by atoms with van der Waals surface area (Å²) in [6.45, 7) is -1.54. The lowest BCUT2D eigenvalue weighted by atomic mass is 10.5. The van der Waals surface area contributed by atoms with Crippen LogP contribution in [0.25, 0.3) is 0 Å². The Bertz CT molecular complexity index is 360. The van der Waals surface area contributed by atoms with Crippen molar-refractivity contribution in [1.29, 1.82) is 0 Å². The molecule has 0 spiro atoms. The number of anilines is 1. The summed E-state index contributed by atoms with van der Waals surface area (Å²) in [5.74, 6) is -0.721. The summed E-state index contributed by atoms with van der Waals surface area (Å²) in [7, 11) is 1.69. The zero-order valence-corrected chi connectivity index (χ0v) is 8.51.